The van der Waals surface area contributed by atoms with E-state index in [1.165, 1.54) is 10.4 Å². The minimum absolute atomic E-state index is 0. The van der Waals surface area contributed by atoms with Gasteiger partial charge in [-0.2, -0.15) is 0 Å². The maximum atomic E-state index is 12.6. The maximum absolute atomic E-state index is 12.6. The number of aliphatic imine (C=N–C) groups is 1. The van der Waals surface area contributed by atoms with Crippen LogP contribution in [0.5, 0.6) is 0 Å². The molecule has 7 heteroatoms. The fourth-order valence-corrected chi connectivity index (χ4v) is 4.15. The van der Waals surface area contributed by atoms with Gasteiger partial charge in [0.2, 0.25) is 5.91 Å². The van der Waals surface area contributed by atoms with Gasteiger partial charge >= 0.3 is 0 Å². The molecule has 5 nitrogen and oxygen atoms in total. The SMILES string of the molecule is CCNC(=NCCCC(=O)N1CCc2ccccc21)N(C)CCc1cccs1.I. The summed E-state index contributed by atoms with van der Waals surface area (Å²) in [5.74, 6) is 1.12. The minimum atomic E-state index is 0. The molecule has 0 unspecified atom stereocenters. The number of halogens is 1. The van der Waals surface area contributed by atoms with Crippen molar-refractivity contribution in [2.75, 3.05) is 38.1 Å². The van der Waals surface area contributed by atoms with E-state index < -0.39 is 0 Å². The molecule has 3 rings (SSSR count). The number of rotatable bonds is 8. The summed E-state index contributed by atoms with van der Waals surface area (Å²) in [7, 11) is 2.07. The van der Waals surface area contributed by atoms with E-state index in [1.54, 1.807) is 11.3 Å². The van der Waals surface area contributed by atoms with Crippen LogP contribution >= 0.6 is 35.3 Å². The van der Waals surface area contributed by atoms with Gasteiger partial charge in [-0.15, -0.1) is 35.3 Å². The molecule has 0 bridgehead atoms. The quantitative estimate of drug-likeness (QED) is 0.243. The van der Waals surface area contributed by atoms with E-state index in [9.17, 15) is 4.79 Å². The Hall–Kier alpha value is -1.61. The lowest BCUT2D eigenvalue weighted by Gasteiger charge is -2.22. The van der Waals surface area contributed by atoms with Crippen LogP contribution in [0.15, 0.2) is 46.8 Å². The molecule has 1 N–H and O–H groups in total. The third kappa shape index (κ3) is 6.70. The highest BCUT2D eigenvalue weighted by atomic mass is 127. The molecule has 29 heavy (non-hydrogen) atoms. The normalized spacial score (nSPS) is 13.0. The zero-order valence-corrected chi connectivity index (χ0v) is 20.4. The number of hydrogen-bond acceptors (Lipinski definition) is 3. The summed E-state index contributed by atoms with van der Waals surface area (Å²) >= 11 is 1.79. The molecule has 1 aliphatic heterocycles. The van der Waals surface area contributed by atoms with Crippen LogP contribution < -0.4 is 10.2 Å². The molecule has 1 amide bonds. The van der Waals surface area contributed by atoms with Crippen LogP contribution in [0.1, 0.15) is 30.2 Å². The van der Waals surface area contributed by atoms with Crippen molar-refractivity contribution in [3.8, 4) is 0 Å². The second kappa shape index (κ2) is 12.2. The van der Waals surface area contributed by atoms with Crippen molar-refractivity contribution >= 4 is 52.9 Å². The Labute approximate surface area is 195 Å². The summed E-state index contributed by atoms with van der Waals surface area (Å²) in [5, 5.41) is 5.47. The van der Waals surface area contributed by atoms with Crippen molar-refractivity contribution in [2.24, 2.45) is 4.99 Å². The number of likely N-dealkylation sites (N-methyl/N-ethyl adjacent to an activating group) is 1. The van der Waals surface area contributed by atoms with Gasteiger partial charge in [0.1, 0.15) is 0 Å². The van der Waals surface area contributed by atoms with Gasteiger partial charge in [-0.05, 0) is 49.3 Å². The first-order valence-electron chi connectivity index (χ1n) is 10.1. The topological polar surface area (TPSA) is 47.9 Å². The van der Waals surface area contributed by atoms with Crippen LogP contribution in [-0.2, 0) is 17.6 Å². The lowest BCUT2D eigenvalue weighted by atomic mass is 10.2. The van der Waals surface area contributed by atoms with Gasteiger partial charge in [0.15, 0.2) is 5.96 Å². The Morgan fingerprint density at radius 2 is 2.10 bits per heavy atom. The van der Waals surface area contributed by atoms with E-state index >= 15 is 0 Å². The lowest BCUT2D eigenvalue weighted by Crippen LogP contribution is -2.40. The second-order valence-electron chi connectivity index (χ2n) is 7.01. The lowest BCUT2D eigenvalue weighted by molar-refractivity contribution is -0.118. The van der Waals surface area contributed by atoms with Crippen LogP contribution in [-0.4, -0.2) is 50.0 Å². The van der Waals surface area contributed by atoms with Gasteiger partial charge in [-0.1, -0.05) is 24.3 Å². The van der Waals surface area contributed by atoms with E-state index in [0.717, 1.165) is 50.5 Å². The molecule has 0 fully saturated rings. The van der Waals surface area contributed by atoms with E-state index in [0.29, 0.717) is 13.0 Å². The number of thiophene rings is 1. The molecule has 1 aliphatic rings. The van der Waals surface area contributed by atoms with Crippen molar-refractivity contribution in [3.05, 3.63) is 52.2 Å². The third-order valence-electron chi connectivity index (χ3n) is 4.97. The number of anilines is 1. The molecule has 1 aromatic heterocycles. The fraction of sp³-hybridized carbons (Fsp3) is 0.455. The molecule has 0 radical (unpaired) electrons. The highest BCUT2D eigenvalue weighted by Crippen LogP contribution is 2.28. The van der Waals surface area contributed by atoms with Gasteiger partial charge in [0, 0.05) is 50.2 Å². The van der Waals surface area contributed by atoms with E-state index in [4.69, 9.17) is 4.99 Å². The van der Waals surface area contributed by atoms with E-state index in [2.05, 4.69) is 47.8 Å². The number of carbonyl (C=O) groups excluding carboxylic acids is 1. The number of amides is 1. The van der Waals surface area contributed by atoms with Crippen molar-refractivity contribution < 1.29 is 4.79 Å². The largest absolute Gasteiger partial charge is 0.357 e. The van der Waals surface area contributed by atoms with Crippen molar-refractivity contribution in [3.63, 3.8) is 0 Å². The summed E-state index contributed by atoms with van der Waals surface area (Å²) in [4.78, 5) is 22.8. The third-order valence-corrected chi connectivity index (χ3v) is 5.90. The number of nitrogens with one attached hydrogen (secondary N) is 1. The fourth-order valence-electron chi connectivity index (χ4n) is 3.46. The van der Waals surface area contributed by atoms with Crippen molar-refractivity contribution in [2.45, 2.75) is 32.6 Å². The average molecular weight is 526 g/mol. The Kier molecular flexibility index (Phi) is 9.93. The summed E-state index contributed by atoms with van der Waals surface area (Å²) in [6.07, 6.45) is 3.28. The zero-order chi connectivity index (χ0) is 19.8. The highest BCUT2D eigenvalue weighted by molar-refractivity contribution is 14.0. The van der Waals surface area contributed by atoms with Crippen LogP contribution in [0.3, 0.4) is 0 Å². The van der Waals surface area contributed by atoms with E-state index in [-0.39, 0.29) is 29.9 Å². The van der Waals surface area contributed by atoms with Gasteiger partial charge in [-0.25, -0.2) is 0 Å². The van der Waals surface area contributed by atoms with Crippen LogP contribution in [0.4, 0.5) is 5.69 Å². The predicted molar refractivity (Wildman–Crippen MR) is 134 cm³/mol. The molecule has 0 saturated heterocycles. The summed E-state index contributed by atoms with van der Waals surface area (Å²) < 4.78 is 0. The Morgan fingerprint density at radius 3 is 2.86 bits per heavy atom. The summed E-state index contributed by atoms with van der Waals surface area (Å²) in [5.41, 5.74) is 2.35. The Morgan fingerprint density at radius 1 is 1.28 bits per heavy atom. The monoisotopic (exact) mass is 526 g/mol. The van der Waals surface area contributed by atoms with Crippen LogP contribution in [0, 0.1) is 0 Å². The first-order valence-corrected chi connectivity index (χ1v) is 11.0. The van der Waals surface area contributed by atoms with Crippen molar-refractivity contribution in [1.29, 1.82) is 0 Å². The number of carbonyl (C=O) groups is 1. The van der Waals surface area contributed by atoms with Gasteiger partial charge in [0.05, 0.1) is 0 Å². The predicted octanol–water partition coefficient (Wildman–Crippen LogP) is 4.18. The molecule has 2 heterocycles. The van der Waals surface area contributed by atoms with E-state index in [1.807, 2.05) is 23.1 Å². The molecule has 1 aromatic carbocycles. The number of fused-ring (bicyclic) bond motifs is 1. The summed E-state index contributed by atoms with van der Waals surface area (Å²) in [6.45, 7) is 5.31. The zero-order valence-electron chi connectivity index (χ0n) is 17.3. The summed E-state index contributed by atoms with van der Waals surface area (Å²) in [6, 6.07) is 12.5. The minimum Gasteiger partial charge on any atom is -0.357 e. The number of benzene rings is 1. The molecule has 0 atom stereocenters. The second-order valence-corrected chi connectivity index (χ2v) is 8.05. The highest BCUT2D eigenvalue weighted by Gasteiger charge is 2.23. The first-order chi connectivity index (χ1) is 13.7. The van der Waals surface area contributed by atoms with Gasteiger partial charge in [-0.3, -0.25) is 9.79 Å². The molecule has 2 aromatic rings. The average Bonchev–Trinajstić information content (AvgIpc) is 3.38. The number of hydrogen-bond donors (Lipinski definition) is 1. The number of guanidine groups is 1. The molecule has 158 valence electrons. The number of nitrogens with zero attached hydrogens (tertiary/aromatic N) is 3. The standard InChI is InChI=1S/C22H30N4OS.HI/c1-3-23-22(25(2)15-13-19-9-7-17-28-19)24-14-6-11-21(27)26-16-12-18-8-4-5-10-20(18)26;/h4-5,7-10,17H,3,6,11-16H2,1-2H3,(H,23,24);1H. The molecule has 0 aliphatic carbocycles. The molecule has 0 spiro atoms. The van der Waals surface area contributed by atoms with Gasteiger partial charge < -0.3 is 15.1 Å². The Bertz CT molecular complexity index is 794. The molecular formula is C22H31IN4OS. The molecular weight excluding hydrogens is 495 g/mol. The Balaban J connectivity index is 0.00000300. The maximum Gasteiger partial charge on any atom is 0.227 e. The van der Waals surface area contributed by atoms with Crippen molar-refractivity contribution in [1.82, 2.24) is 10.2 Å². The van der Waals surface area contributed by atoms with Crippen LogP contribution in [0.25, 0.3) is 0 Å². The van der Waals surface area contributed by atoms with Crippen LogP contribution in [0.2, 0.25) is 0 Å². The van der Waals surface area contributed by atoms with Gasteiger partial charge in [0.25, 0.3) is 0 Å². The smallest absolute Gasteiger partial charge is 0.227 e. The number of para-hydroxylation sites is 1. The molecule has 0 saturated carbocycles. The first kappa shape index (κ1) is 23.7.